The third-order valence-electron chi connectivity index (χ3n) is 9.91. The summed E-state index contributed by atoms with van der Waals surface area (Å²) in [5.74, 6) is 3.06. The Balaban J connectivity index is 0.000000204. The van der Waals surface area contributed by atoms with Crippen LogP contribution >= 0.6 is 23.2 Å². The average Bonchev–Trinajstić information content (AvgIpc) is 3.16. The Morgan fingerprint density at radius 1 is 0.736 bits per heavy atom. The molecular formula is C39H48Cl2N8O4. The van der Waals surface area contributed by atoms with Crippen LogP contribution in [0.15, 0.2) is 78.1 Å². The lowest BCUT2D eigenvalue weighted by Gasteiger charge is -2.39. The minimum absolute atomic E-state index is 0.0643. The highest BCUT2D eigenvalue weighted by Crippen LogP contribution is 2.32. The number of carbonyl (C=O) groups excluding carboxylic acids is 2. The fourth-order valence-corrected chi connectivity index (χ4v) is 7.25. The first-order valence-electron chi connectivity index (χ1n) is 17.9. The van der Waals surface area contributed by atoms with Crippen molar-refractivity contribution in [3.05, 3.63) is 105 Å². The van der Waals surface area contributed by atoms with Gasteiger partial charge in [0.25, 0.3) is 0 Å². The average molecular weight is 764 g/mol. The van der Waals surface area contributed by atoms with Crippen LogP contribution in [-0.2, 0) is 9.59 Å². The molecule has 2 aliphatic heterocycles. The van der Waals surface area contributed by atoms with Crippen LogP contribution < -0.4 is 20.9 Å². The third kappa shape index (κ3) is 11.3. The predicted molar refractivity (Wildman–Crippen MR) is 209 cm³/mol. The van der Waals surface area contributed by atoms with E-state index in [0.29, 0.717) is 51.2 Å². The lowest BCUT2D eigenvalue weighted by Crippen LogP contribution is -2.48. The lowest BCUT2D eigenvalue weighted by molar-refractivity contribution is -0.122. The minimum Gasteiger partial charge on any atom is -0.481 e. The Labute approximate surface area is 320 Å². The van der Waals surface area contributed by atoms with E-state index >= 15 is 0 Å². The van der Waals surface area contributed by atoms with Crippen LogP contribution in [0.5, 0.6) is 5.88 Å². The summed E-state index contributed by atoms with van der Waals surface area (Å²) in [6.07, 6.45) is 8.81. The molecule has 6 rings (SSSR count). The van der Waals surface area contributed by atoms with Crippen molar-refractivity contribution in [2.45, 2.75) is 64.5 Å². The first kappa shape index (κ1) is 39.8. The maximum atomic E-state index is 12.7. The Kier molecular flexibility index (Phi) is 14.0. The van der Waals surface area contributed by atoms with Gasteiger partial charge in [-0.05, 0) is 85.8 Å². The molecule has 2 unspecified atom stereocenters. The molecule has 0 radical (unpaired) electrons. The number of likely N-dealkylation sites (tertiary alicyclic amines) is 2. The van der Waals surface area contributed by atoms with Crippen molar-refractivity contribution in [2.24, 2.45) is 11.8 Å². The van der Waals surface area contributed by atoms with Gasteiger partial charge in [0.05, 0.1) is 29.2 Å². The molecule has 2 aliphatic rings. The highest BCUT2D eigenvalue weighted by Gasteiger charge is 2.33. The summed E-state index contributed by atoms with van der Waals surface area (Å²) in [5, 5.41) is 6.79. The van der Waals surface area contributed by atoms with Gasteiger partial charge in [-0.15, -0.1) is 0 Å². The summed E-state index contributed by atoms with van der Waals surface area (Å²) in [4.78, 5) is 56.3. The molecule has 3 N–H and O–H groups in total. The zero-order valence-corrected chi connectivity index (χ0v) is 32.3. The highest BCUT2D eigenvalue weighted by atomic mass is 35.5. The van der Waals surface area contributed by atoms with Crippen LogP contribution in [0.1, 0.15) is 63.5 Å². The molecule has 2 saturated heterocycles. The Morgan fingerprint density at radius 3 is 1.66 bits per heavy atom. The molecule has 4 aromatic rings. The number of carbonyl (C=O) groups is 2. The maximum Gasteiger partial charge on any atom is 0.247 e. The third-order valence-corrected chi connectivity index (χ3v) is 10.4. The van der Waals surface area contributed by atoms with Crippen molar-refractivity contribution in [2.75, 3.05) is 43.9 Å². The number of methoxy groups -OCH3 is 1. The fraction of sp³-hybridized carbons (Fsp3) is 0.436. The number of piperidine rings is 2. The zero-order chi connectivity index (χ0) is 38.1. The molecule has 2 amide bonds. The van der Waals surface area contributed by atoms with Crippen molar-refractivity contribution >= 4 is 46.7 Å². The Bertz CT molecular complexity index is 1840. The standard InChI is InChI=1S/C20H25ClN4O2.C19H23ClN4O2/c1-13-8-16(15-4-7-19(27-3)23-9-15)12-25(11-13)14(2)20(26)24-18-6-5-17(21)10-22-18;1-12-7-15(14-3-6-18(25)22-8-14)11-24(10-12)13(2)19(26)23-17-5-4-16(20)9-21-17/h4-7,9-10,13-14,16H,8,11-12H2,1-3H3,(H,22,24,26);3-6,8-9,12-13,15H,7,10-11H2,1-2H3,(H,22,25)(H,21,23,26)/t13?,14-,16?;12-,13-,15+/m00/s1. The van der Waals surface area contributed by atoms with E-state index in [4.69, 9.17) is 27.9 Å². The lowest BCUT2D eigenvalue weighted by atomic mass is 9.85. The summed E-state index contributed by atoms with van der Waals surface area (Å²) < 4.78 is 5.14. The summed E-state index contributed by atoms with van der Waals surface area (Å²) in [7, 11) is 1.61. The quantitative estimate of drug-likeness (QED) is 0.175. The molecule has 6 atom stereocenters. The van der Waals surface area contributed by atoms with Gasteiger partial charge in [0, 0.05) is 63.1 Å². The van der Waals surface area contributed by atoms with Gasteiger partial charge >= 0.3 is 0 Å². The molecule has 0 spiro atoms. The maximum absolute atomic E-state index is 12.7. The van der Waals surface area contributed by atoms with E-state index in [1.165, 1.54) is 18.0 Å². The first-order valence-corrected chi connectivity index (χ1v) is 18.7. The number of ether oxygens (including phenoxy) is 1. The highest BCUT2D eigenvalue weighted by molar-refractivity contribution is 6.30. The molecule has 2 fully saturated rings. The monoisotopic (exact) mass is 762 g/mol. The van der Waals surface area contributed by atoms with E-state index in [0.717, 1.165) is 44.6 Å². The van der Waals surface area contributed by atoms with Crippen LogP contribution in [0.4, 0.5) is 11.6 Å². The second-order valence-corrected chi connectivity index (χ2v) is 15.0. The topological polar surface area (TPSA) is 145 Å². The summed E-state index contributed by atoms with van der Waals surface area (Å²) in [6, 6.07) is 13.7. The molecule has 53 heavy (non-hydrogen) atoms. The first-order chi connectivity index (χ1) is 25.4. The summed E-state index contributed by atoms with van der Waals surface area (Å²) in [5.41, 5.74) is 2.19. The molecule has 12 nitrogen and oxygen atoms in total. The molecule has 0 bridgehead atoms. The Hall–Kier alpha value is -4.36. The van der Waals surface area contributed by atoms with Gasteiger partial charge in [0.1, 0.15) is 11.6 Å². The van der Waals surface area contributed by atoms with E-state index in [9.17, 15) is 14.4 Å². The van der Waals surface area contributed by atoms with Crippen LogP contribution in [0.3, 0.4) is 0 Å². The van der Waals surface area contributed by atoms with E-state index in [2.05, 4.69) is 60.3 Å². The van der Waals surface area contributed by atoms with Crippen molar-refractivity contribution in [3.8, 4) is 5.88 Å². The number of aromatic amines is 1. The van der Waals surface area contributed by atoms with Gasteiger partial charge in [-0.25, -0.2) is 15.0 Å². The molecular weight excluding hydrogens is 715 g/mol. The number of H-pyrrole nitrogens is 1. The molecule has 4 aromatic heterocycles. The number of halogens is 2. The number of nitrogens with one attached hydrogen (secondary N) is 3. The number of aromatic nitrogens is 4. The number of hydrogen-bond donors (Lipinski definition) is 3. The van der Waals surface area contributed by atoms with Crippen LogP contribution in [0.2, 0.25) is 10.0 Å². The van der Waals surface area contributed by atoms with Crippen molar-refractivity contribution < 1.29 is 14.3 Å². The fourth-order valence-electron chi connectivity index (χ4n) is 7.02. The molecule has 282 valence electrons. The van der Waals surface area contributed by atoms with Gasteiger partial charge in [0.15, 0.2) is 0 Å². The normalized spacial score (nSPS) is 21.7. The SMILES string of the molecule is COc1ccc(C2CC(C)CN([C@@H](C)C(=O)Nc3ccc(Cl)cn3)C2)cn1.C[C@H]1C[C@@H](c2ccc(=O)[nH]c2)CN([C@@H](C)C(=O)Nc2ccc(Cl)cn2)C1. The number of rotatable bonds is 9. The Morgan fingerprint density at radius 2 is 1.25 bits per heavy atom. The van der Waals surface area contributed by atoms with E-state index in [1.807, 2.05) is 32.2 Å². The molecule has 0 aliphatic carbocycles. The molecule has 14 heteroatoms. The summed E-state index contributed by atoms with van der Waals surface area (Å²) >= 11 is 11.7. The second-order valence-electron chi connectivity index (χ2n) is 14.2. The minimum atomic E-state index is -0.277. The van der Waals surface area contributed by atoms with Gasteiger partial charge in [-0.2, -0.15) is 0 Å². The van der Waals surface area contributed by atoms with Crippen LogP contribution in [-0.4, -0.2) is 86.9 Å². The molecule has 0 saturated carbocycles. The van der Waals surface area contributed by atoms with E-state index < -0.39 is 0 Å². The summed E-state index contributed by atoms with van der Waals surface area (Å²) in [6.45, 7) is 11.6. The van der Waals surface area contributed by atoms with Gasteiger partial charge in [-0.3, -0.25) is 24.2 Å². The number of nitrogens with zero attached hydrogens (tertiary/aromatic N) is 5. The number of anilines is 2. The smallest absolute Gasteiger partial charge is 0.247 e. The van der Waals surface area contributed by atoms with Gasteiger partial charge in [0.2, 0.25) is 23.3 Å². The number of pyridine rings is 4. The van der Waals surface area contributed by atoms with Crippen LogP contribution in [0.25, 0.3) is 0 Å². The molecule has 0 aromatic carbocycles. The zero-order valence-electron chi connectivity index (χ0n) is 30.8. The predicted octanol–water partition coefficient (Wildman–Crippen LogP) is 6.47. The van der Waals surface area contributed by atoms with Crippen molar-refractivity contribution in [1.82, 2.24) is 29.7 Å². The van der Waals surface area contributed by atoms with Crippen molar-refractivity contribution in [1.29, 1.82) is 0 Å². The number of amides is 2. The van der Waals surface area contributed by atoms with Gasteiger partial charge < -0.3 is 20.4 Å². The van der Waals surface area contributed by atoms with E-state index in [1.54, 1.807) is 43.6 Å². The van der Waals surface area contributed by atoms with E-state index in [-0.39, 0.29) is 29.5 Å². The van der Waals surface area contributed by atoms with Crippen molar-refractivity contribution in [3.63, 3.8) is 0 Å². The van der Waals surface area contributed by atoms with Gasteiger partial charge in [-0.1, -0.05) is 49.2 Å². The molecule has 6 heterocycles. The number of hydrogen-bond acceptors (Lipinski definition) is 9. The second kappa shape index (κ2) is 18.6. The van der Waals surface area contributed by atoms with Crippen LogP contribution in [0, 0.1) is 11.8 Å². The largest absolute Gasteiger partial charge is 0.481 e.